The number of rotatable bonds is 4. The van der Waals surface area contributed by atoms with Crippen LogP contribution in [0.5, 0.6) is 0 Å². The number of benzene rings is 2. The molecule has 21 heavy (non-hydrogen) atoms. The van der Waals surface area contributed by atoms with Crippen LogP contribution < -0.4 is 4.72 Å². The van der Waals surface area contributed by atoms with Gasteiger partial charge in [0.05, 0.1) is 4.90 Å². The van der Waals surface area contributed by atoms with Crippen LogP contribution in [0.1, 0.15) is 23.1 Å². The molecule has 1 N–H and O–H groups in total. The SMILES string of the molecule is O=S(=O)(Nc1ccc(CCl)cc1)c1ccc2c(c1)CCC2. The van der Waals surface area contributed by atoms with Crippen molar-refractivity contribution < 1.29 is 8.42 Å². The van der Waals surface area contributed by atoms with Crippen molar-refractivity contribution >= 4 is 27.3 Å². The largest absolute Gasteiger partial charge is 0.280 e. The van der Waals surface area contributed by atoms with Crippen LogP contribution in [0, 0.1) is 0 Å². The quantitative estimate of drug-likeness (QED) is 0.872. The Morgan fingerprint density at radius 1 is 1.00 bits per heavy atom. The molecule has 0 amide bonds. The number of nitrogens with one attached hydrogen (secondary N) is 1. The molecular weight excluding hydrogens is 306 g/mol. The summed E-state index contributed by atoms with van der Waals surface area (Å²) in [4.78, 5) is 0.324. The van der Waals surface area contributed by atoms with E-state index in [-0.39, 0.29) is 0 Å². The predicted molar refractivity (Wildman–Crippen MR) is 85.3 cm³/mol. The van der Waals surface area contributed by atoms with E-state index in [1.54, 1.807) is 24.3 Å². The molecule has 0 heterocycles. The lowest BCUT2D eigenvalue weighted by molar-refractivity contribution is 0.601. The van der Waals surface area contributed by atoms with Crippen molar-refractivity contribution in [2.45, 2.75) is 30.0 Å². The molecule has 0 aliphatic heterocycles. The highest BCUT2D eigenvalue weighted by molar-refractivity contribution is 7.92. The van der Waals surface area contributed by atoms with Gasteiger partial charge in [-0.25, -0.2) is 8.42 Å². The molecule has 0 radical (unpaired) electrons. The van der Waals surface area contributed by atoms with Crippen molar-refractivity contribution in [3.8, 4) is 0 Å². The minimum absolute atomic E-state index is 0.324. The molecule has 1 aliphatic rings. The van der Waals surface area contributed by atoms with Crippen LogP contribution in [0.15, 0.2) is 47.4 Å². The van der Waals surface area contributed by atoms with Crippen LogP contribution in [-0.2, 0) is 28.7 Å². The van der Waals surface area contributed by atoms with Crippen molar-refractivity contribution in [3.63, 3.8) is 0 Å². The lowest BCUT2D eigenvalue weighted by Crippen LogP contribution is -2.13. The number of aryl methyl sites for hydroxylation is 2. The second kappa shape index (κ2) is 5.70. The van der Waals surface area contributed by atoms with Crippen molar-refractivity contribution in [1.29, 1.82) is 0 Å². The van der Waals surface area contributed by atoms with E-state index in [0.717, 1.165) is 30.4 Å². The molecule has 0 unspecified atom stereocenters. The van der Waals surface area contributed by atoms with Gasteiger partial charge >= 0.3 is 0 Å². The minimum Gasteiger partial charge on any atom is -0.280 e. The second-order valence-corrected chi connectivity index (χ2v) is 7.17. The summed E-state index contributed by atoms with van der Waals surface area (Å²) in [6.07, 6.45) is 3.11. The van der Waals surface area contributed by atoms with Crippen molar-refractivity contribution in [2.24, 2.45) is 0 Å². The number of alkyl halides is 1. The average molecular weight is 322 g/mol. The Morgan fingerprint density at radius 3 is 2.43 bits per heavy atom. The maximum Gasteiger partial charge on any atom is 0.261 e. The van der Waals surface area contributed by atoms with E-state index in [1.807, 2.05) is 18.2 Å². The molecular formula is C16H16ClNO2S. The Kier molecular flexibility index (Phi) is 3.91. The lowest BCUT2D eigenvalue weighted by atomic mass is 10.1. The first kappa shape index (κ1) is 14.4. The van der Waals surface area contributed by atoms with E-state index in [9.17, 15) is 8.42 Å². The highest BCUT2D eigenvalue weighted by Crippen LogP contribution is 2.25. The number of hydrogen-bond acceptors (Lipinski definition) is 2. The van der Waals surface area contributed by atoms with Gasteiger partial charge in [-0.15, -0.1) is 11.6 Å². The normalized spacial score (nSPS) is 14.0. The molecule has 3 rings (SSSR count). The van der Waals surface area contributed by atoms with E-state index in [4.69, 9.17) is 11.6 Å². The van der Waals surface area contributed by atoms with Gasteiger partial charge in [0.15, 0.2) is 0 Å². The Morgan fingerprint density at radius 2 is 1.71 bits per heavy atom. The van der Waals surface area contributed by atoms with E-state index in [2.05, 4.69) is 4.72 Å². The first-order valence-corrected chi connectivity index (χ1v) is 8.90. The lowest BCUT2D eigenvalue weighted by Gasteiger charge is -2.10. The molecule has 2 aromatic rings. The number of hydrogen-bond donors (Lipinski definition) is 1. The molecule has 0 fully saturated rings. The Labute approximate surface area is 130 Å². The third-order valence-corrected chi connectivity index (χ3v) is 5.43. The van der Waals surface area contributed by atoms with Gasteiger partial charge in [-0.2, -0.15) is 0 Å². The Bertz CT molecular complexity index is 754. The molecule has 0 saturated carbocycles. The van der Waals surface area contributed by atoms with E-state index >= 15 is 0 Å². The third kappa shape index (κ3) is 3.06. The van der Waals surface area contributed by atoms with Gasteiger partial charge < -0.3 is 0 Å². The van der Waals surface area contributed by atoms with Crippen LogP contribution in [0.2, 0.25) is 0 Å². The summed E-state index contributed by atoms with van der Waals surface area (Å²) in [5.41, 5.74) is 3.91. The van der Waals surface area contributed by atoms with Crippen molar-refractivity contribution in [2.75, 3.05) is 4.72 Å². The van der Waals surface area contributed by atoms with Crippen LogP contribution in [0.25, 0.3) is 0 Å². The van der Waals surface area contributed by atoms with Gasteiger partial charge in [-0.1, -0.05) is 18.2 Å². The fourth-order valence-electron chi connectivity index (χ4n) is 2.59. The molecule has 1 aliphatic carbocycles. The van der Waals surface area contributed by atoms with Crippen LogP contribution >= 0.6 is 11.6 Å². The van der Waals surface area contributed by atoms with Gasteiger partial charge in [-0.3, -0.25) is 4.72 Å². The van der Waals surface area contributed by atoms with Gasteiger partial charge in [0, 0.05) is 11.6 Å². The monoisotopic (exact) mass is 321 g/mol. The van der Waals surface area contributed by atoms with E-state index in [1.165, 1.54) is 5.56 Å². The molecule has 3 nitrogen and oxygen atoms in total. The molecule has 110 valence electrons. The molecule has 0 atom stereocenters. The Hall–Kier alpha value is -1.52. The minimum atomic E-state index is -3.54. The van der Waals surface area contributed by atoms with Crippen molar-refractivity contribution in [1.82, 2.24) is 0 Å². The average Bonchev–Trinajstić information content (AvgIpc) is 2.95. The summed E-state index contributed by atoms with van der Waals surface area (Å²) in [6.45, 7) is 0. The number of fused-ring (bicyclic) bond motifs is 1. The smallest absolute Gasteiger partial charge is 0.261 e. The number of halogens is 1. The summed E-state index contributed by atoms with van der Waals surface area (Å²) in [6, 6.07) is 12.5. The summed E-state index contributed by atoms with van der Waals surface area (Å²) in [7, 11) is -3.54. The molecule has 0 spiro atoms. The zero-order valence-electron chi connectivity index (χ0n) is 11.5. The van der Waals surface area contributed by atoms with Gasteiger partial charge in [-0.05, 0) is 60.2 Å². The molecule has 2 aromatic carbocycles. The van der Waals surface area contributed by atoms with Crippen molar-refractivity contribution in [3.05, 3.63) is 59.2 Å². The number of sulfonamides is 1. The second-order valence-electron chi connectivity index (χ2n) is 5.22. The molecule has 0 bridgehead atoms. The van der Waals surface area contributed by atoms with E-state index < -0.39 is 10.0 Å². The first-order chi connectivity index (χ1) is 10.1. The Balaban J connectivity index is 1.86. The maximum atomic E-state index is 12.4. The highest BCUT2D eigenvalue weighted by Gasteiger charge is 2.18. The van der Waals surface area contributed by atoms with Crippen LogP contribution in [0.3, 0.4) is 0 Å². The summed E-state index contributed by atoms with van der Waals surface area (Å²) in [5.74, 6) is 0.415. The van der Waals surface area contributed by atoms with Crippen LogP contribution in [0.4, 0.5) is 5.69 Å². The molecule has 5 heteroatoms. The summed E-state index contributed by atoms with van der Waals surface area (Å²) in [5, 5.41) is 0. The van der Waals surface area contributed by atoms with Crippen LogP contribution in [-0.4, -0.2) is 8.42 Å². The predicted octanol–water partition coefficient (Wildman–Crippen LogP) is 3.71. The zero-order valence-corrected chi connectivity index (χ0v) is 13.0. The third-order valence-electron chi connectivity index (χ3n) is 3.74. The maximum absolute atomic E-state index is 12.4. The van der Waals surface area contributed by atoms with Gasteiger partial charge in [0.1, 0.15) is 0 Å². The fourth-order valence-corrected chi connectivity index (χ4v) is 3.88. The zero-order chi connectivity index (χ0) is 14.9. The standard InChI is InChI=1S/C16H16ClNO2S/c17-11-12-4-7-15(8-5-12)18-21(19,20)16-9-6-13-2-1-3-14(13)10-16/h4-10,18H,1-3,11H2. The summed E-state index contributed by atoms with van der Waals surface area (Å²) >= 11 is 5.72. The van der Waals surface area contributed by atoms with E-state index in [0.29, 0.717) is 16.5 Å². The molecule has 0 saturated heterocycles. The fraction of sp³-hybridized carbons (Fsp3) is 0.250. The topological polar surface area (TPSA) is 46.2 Å². The first-order valence-electron chi connectivity index (χ1n) is 6.88. The molecule has 0 aromatic heterocycles. The summed E-state index contributed by atoms with van der Waals surface area (Å²) < 4.78 is 27.4. The van der Waals surface area contributed by atoms with Gasteiger partial charge in [0.25, 0.3) is 10.0 Å². The van der Waals surface area contributed by atoms with Gasteiger partial charge in [0.2, 0.25) is 0 Å². The highest BCUT2D eigenvalue weighted by atomic mass is 35.5. The number of anilines is 1.